The van der Waals surface area contributed by atoms with Crippen LogP contribution in [0.1, 0.15) is 17.5 Å². The highest BCUT2D eigenvalue weighted by molar-refractivity contribution is 6.06. The van der Waals surface area contributed by atoms with Crippen molar-refractivity contribution in [2.24, 2.45) is 0 Å². The third kappa shape index (κ3) is 2.16. The molecule has 0 aromatic heterocycles. The van der Waals surface area contributed by atoms with Crippen molar-refractivity contribution in [3.63, 3.8) is 0 Å². The lowest BCUT2D eigenvalue weighted by molar-refractivity contribution is -0.135. The second-order valence-corrected chi connectivity index (χ2v) is 5.25. The Morgan fingerprint density at radius 2 is 1.76 bits per heavy atom. The lowest BCUT2D eigenvalue weighted by atomic mass is 9.92. The second-order valence-electron chi connectivity index (χ2n) is 5.25. The maximum Gasteiger partial charge on any atom is 0.264 e. The molecule has 1 aliphatic heterocycles. The van der Waals surface area contributed by atoms with E-state index < -0.39 is 5.60 Å². The summed E-state index contributed by atoms with van der Waals surface area (Å²) in [5, 5.41) is 10.8. The predicted molar refractivity (Wildman–Crippen MR) is 82.8 cm³/mol. The summed E-state index contributed by atoms with van der Waals surface area (Å²) in [5.74, 6) is -0.285. The molecule has 21 heavy (non-hydrogen) atoms. The molecular formula is C18H17NO2. The van der Waals surface area contributed by atoms with Gasteiger partial charge < -0.3 is 10.0 Å². The molecule has 1 N–H and O–H groups in total. The first kappa shape index (κ1) is 13.6. The van der Waals surface area contributed by atoms with Crippen LogP contribution < -0.4 is 4.90 Å². The Morgan fingerprint density at radius 1 is 1.10 bits per heavy atom. The van der Waals surface area contributed by atoms with Crippen LogP contribution in [-0.4, -0.2) is 11.0 Å². The van der Waals surface area contributed by atoms with Gasteiger partial charge in [0.05, 0.1) is 12.2 Å². The Hall–Kier alpha value is -2.39. The van der Waals surface area contributed by atoms with Gasteiger partial charge in [0.25, 0.3) is 5.91 Å². The summed E-state index contributed by atoms with van der Waals surface area (Å²) in [5.41, 5.74) is 0.970. The lowest BCUT2D eigenvalue weighted by Gasteiger charge is -2.22. The SMILES string of the molecule is C=CC[C@@]1(O)C(=O)N(Cc2ccccc2)c2ccccc21. The topological polar surface area (TPSA) is 40.5 Å². The molecule has 0 unspecified atom stereocenters. The Bertz CT molecular complexity index is 681. The first-order chi connectivity index (χ1) is 10.2. The van der Waals surface area contributed by atoms with Crippen molar-refractivity contribution >= 4 is 11.6 Å². The van der Waals surface area contributed by atoms with Gasteiger partial charge in [0.2, 0.25) is 0 Å². The summed E-state index contributed by atoms with van der Waals surface area (Å²) in [6.07, 6.45) is 1.80. The number of aliphatic hydroxyl groups is 1. The molecule has 2 aromatic carbocycles. The van der Waals surface area contributed by atoms with E-state index >= 15 is 0 Å². The standard InChI is InChI=1S/C18H17NO2/c1-2-12-18(21)15-10-6-7-11-16(15)19(17(18)20)13-14-8-4-3-5-9-14/h2-11,21H,1,12-13H2/t18-/m0/s1. The lowest BCUT2D eigenvalue weighted by Crippen LogP contribution is -2.39. The maximum absolute atomic E-state index is 12.7. The monoisotopic (exact) mass is 279 g/mol. The first-order valence-electron chi connectivity index (χ1n) is 6.95. The number of anilines is 1. The molecule has 2 aromatic rings. The molecule has 0 saturated heterocycles. The number of carbonyl (C=O) groups excluding carboxylic acids is 1. The van der Waals surface area contributed by atoms with E-state index in [1.54, 1.807) is 11.0 Å². The van der Waals surface area contributed by atoms with Crippen molar-refractivity contribution in [3.05, 3.63) is 78.4 Å². The van der Waals surface area contributed by atoms with Crippen LogP contribution in [0.3, 0.4) is 0 Å². The summed E-state index contributed by atoms with van der Waals surface area (Å²) in [6.45, 7) is 4.11. The summed E-state index contributed by atoms with van der Waals surface area (Å²) >= 11 is 0. The van der Waals surface area contributed by atoms with E-state index in [1.165, 1.54) is 0 Å². The zero-order chi connectivity index (χ0) is 14.9. The summed E-state index contributed by atoms with van der Waals surface area (Å²) in [4.78, 5) is 14.4. The molecule has 106 valence electrons. The second kappa shape index (κ2) is 5.19. The third-order valence-electron chi connectivity index (χ3n) is 3.86. The van der Waals surface area contributed by atoms with Gasteiger partial charge in [-0.3, -0.25) is 4.79 Å². The average molecular weight is 279 g/mol. The van der Waals surface area contributed by atoms with Crippen LogP contribution in [-0.2, 0) is 16.9 Å². The van der Waals surface area contributed by atoms with Gasteiger partial charge in [0.15, 0.2) is 5.60 Å². The van der Waals surface area contributed by atoms with Gasteiger partial charge in [0, 0.05) is 12.0 Å². The fourth-order valence-electron chi connectivity index (χ4n) is 2.84. The van der Waals surface area contributed by atoms with Gasteiger partial charge in [0.1, 0.15) is 0 Å². The summed E-state index contributed by atoms with van der Waals surface area (Å²) in [7, 11) is 0. The average Bonchev–Trinajstić information content (AvgIpc) is 2.72. The van der Waals surface area contributed by atoms with Gasteiger partial charge in [-0.2, -0.15) is 0 Å². The Kier molecular flexibility index (Phi) is 3.35. The number of hydrogen-bond acceptors (Lipinski definition) is 2. The van der Waals surface area contributed by atoms with Crippen LogP contribution in [0, 0.1) is 0 Å². The zero-order valence-electron chi connectivity index (χ0n) is 11.7. The highest BCUT2D eigenvalue weighted by Gasteiger charge is 2.48. The number of hydrogen-bond donors (Lipinski definition) is 1. The Labute approximate surface area is 124 Å². The Morgan fingerprint density at radius 3 is 2.48 bits per heavy atom. The molecule has 0 saturated carbocycles. The van der Waals surface area contributed by atoms with E-state index in [9.17, 15) is 9.90 Å². The minimum atomic E-state index is -1.49. The molecular weight excluding hydrogens is 262 g/mol. The number of para-hydroxylation sites is 1. The van der Waals surface area contributed by atoms with Gasteiger partial charge in [-0.15, -0.1) is 6.58 Å². The van der Waals surface area contributed by atoms with Crippen LogP contribution in [0.5, 0.6) is 0 Å². The maximum atomic E-state index is 12.7. The van der Waals surface area contributed by atoms with E-state index in [-0.39, 0.29) is 12.3 Å². The fourth-order valence-corrected chi connectivity index (χ4v) is 2.84. The third-order valence-corrected chi connectivity index (χ3v) is 3.86. The predicted octanol–water partition coefficient (Wildman–Crippen LogP) is 3.00. The number of rotatable bonds is 4. The molecule has 0 aliphatic carbocycles. The van der Waals surface area contributed by atoms with Crippen LogP contribution in [0.4, 0.5) is 5.69 Å². The van der Waals surface area contributed by atoms with Crippen LogP contribution in [0.2, 0.25) is 0 Å². The van der Waals surface area contributed by atoms with Crippen molar-refractivity contribution in [2.45, 2.75) is 18.6 Å². The quantitative estimate of drug-likeness (QED) is 0.874. The number of carbonyl (C=O) groups is 1. The summed E-state index contributed by atoms with van der Waals surface area (Å²) in [6, 6.07) is 17.2. The molecule has 0 radical (unpaired) electrons. The molecule has 3 nitrogen and oxygen atoms in total. The summed E-state index contributed by atoms with van der Waals surface area (Å²) < 4.78 is 0. The molecule has 3 heteroatoms. The number of fused-ring (bicyclic) bond motifs is 1. The molecule has 1 amide bonds. The normalized spacial score (nSPS) is 20.4. The molecule has 0 bridgehead atoms. The number of amides is 1. The van der Waals surface area contributed by atoms with Crippen LogP contribution in [0.25, 0.3) is 0 Å². The fraction of sp³-hybridized carbons (Fsp3) is 0.167. The van der Waals surface area contributed by atoms with E-state index in [0.717, 1.165) is 11.3 Å². The van der Waals surface area contributed by atoms with E-state index in [0.29, 0.717) is 12.1 Å². The van der Waals surface area contributed by atoms with Crippen molar-refractivity contribution in [1.82, 2.24) is 0 Å². The Balaban J connectivity index is 2.03. The number of benzene rings is 2. The van der Waals surface area contributed by atoms with Crippen molar-refractivity contribution in [1.29, 1.82) is 0 Å². The van der Waals surface area contributed by atoms with Gasteiger partial charge in [-0.25, -0.2) is 0 Å². The first-order valence-corrected chi connectivity index (χ1v) is 6.95. The van der Waals surface area contributed by atoms with Crippen molar-refractivity contribution in [2.75, 3.05) is 4.90 Å². The van der Waals surface area contributed by atoms with Crippen LogP contribution in [0.15, 0.2) is 67.3 Å². The smallest absolute Gasteiger partial charge is 0.264 e. The van der Waals surface area contributed by atoms with E-state index in [1.807, 2.05) is 54.6 Å². The molecule has 0 spiro atoms. The minimum Gasteiger partial charge on any atom is -0.375 e. The molecule has 1 aliphatic rings. The molecule has 1 heterocycles. The van der Waals surface area contributed by atoms with Gasteiger partial charge >= 0.3 is 0 Å². The highest BCUT2D eigenvalue weighted by atomic mass is 16.3. The molecule has 1 atom stereocenters. The van der Waals surface area contributed by atoms with Crippen molar-refractivity contribution in [3.8, 4) is 0 Å². The van der Waals surface area contributed by atoms with Gasteiger partial charge in [-0.05, 0) is 11.6 Å². The molecule has 3 rings (SSSR count). The minimum absolute atomic E-state index is 0.216. The largest absolute Gasteiger partial charge is 0.375 e. The zero-order valence-corrected chi connectivity index (χ0v) is 11.7. The highest BCUT2D eigenvalue weighted by Crippen LogP contribution is 2.42. The van der Waals surface area contributed by atoms with Crippen LogP contribution >= 0.6 is 0 Å². The van der Waals surface area contributed by atoms with Gasteiger partial charge in [-0.1, -0.05) is 54.6 Å². The molecule has 0 fully saturated rings. The van der Waals surface area contributed by atoms with Crippen molar-refractivity contribution < 1.29 is 9.90 Å². The van der Waals surface area contributed by atoms with E-state index in [2.05, 4.69) is 6.58 Å². The van der Waals surface area contributed by atoms with E-state index in [4.69, 9.17) is 0 Å². The number of nitrogens with zero attached hydrogens (tertiary/aromatic N) is 1.